The predicted octanol–water partition coefficient (Wildman–Crippen LogP) is 2.60. The molecule has 0 aliphatic carbocycles. The third kappa shape index (κ3) is 6.09. The van der Waals surface area contributed by atoms with E-state index in [1.807, 2.05) is 0 Å². The van der Waals surface area contributed by atoms with Crippen molar-refractivity contribution in [1.82, 2.24) is 10.3 Å². The van der Waals surface area contributed by atoms with Crippen LogP contribution < -0.4 is 10.6 Å². The Morgan fingerprint density at radius 1 is 1.13 bits per heavy atom. The molecule has 2 aromatic rings. The zero-order chi connectivity index (χ0) is 22.5. The van der Waals surface area contributed by atoms with Crippen molar-refractivity contribution in [1.29, 1.82) is 0 Å². The van der Waals surface area contributed by atoms with Gasteiger partial charge in [0, 0.05) is 12.1 Å². The number of anilines is 2. The summed E-state index contributed by atoms with van der Waals surface area (Å²) >= 11 is 0. The van der Waals surface area contributed by atoms with Crippen LogP contribution in [0, 0.1) is 0 Å². The molecule has 1 aromatic heterocycles. The molecule has 0 saturated heterocycles. The summed E-state index contributed by atoms with van der Waals surface area (Å²) in [4.78, 5) is 38.2. The van der Waals surface area contributed by atoms with Crippen LogP contribution in [0.5, 0.6) is 5.75 Å². The average molecular weight is 427 g/mol. The molecule has 1 amide bonds. The molecule has 5 N–H and O–H groups in total. The maximum absolute atomic E-state index is 12.9. The van der Waals surface area contributed by atoms with Crippen LogP contribution in [0.3, 0.4) is 0 Å². The lowest BCUT2D eigenvalue weighted by molar-refractivity contribution is -0.141. The van der Waals surface area contributed by atoms with Gasteiger partial charge in [0.1, 0.15) is 17.6 Å². The fraction of sp³-hybridized carbons (Fsp3) is 0.222. The number of rotatable bonds is 8. The second-order valence-corrected chi connectivity index (χ2v) is 6.09. The summed E-state index contributed by atoms with van der Waals surface area (Å²) < 4.78 is 38.6. The molecule has 0 fully saturated rings. The zero-order valence-corrected chi connectivity index (χ0v) is 15.1. The summed E-state index contributed by atoms with van der Waals surface area (Å²) in [6, 6.07) is 3.45. The van der Waals surface area contributed by atoms with Crippen LogP contribution in [0.15, 0.2) is 36.5 Å². The Bertz CT molecular complexity index is 964. The Kier molecular flexibility index (Phi) is 6.82. The summed E-state index contributed by atoms with van der Waals surface area (Å²) in [5.41, 5.74) is -1.36. The Morgan fingerprint density at radius 2 is 1.83 bits per heavy atom. The van der Waals surface area contributed by atoms with E-state index in [4.69, 9.17) is 10.2 Å². The number of carbonyl (C=O) groups is 3. The van der Waals surface area contributed by atoms with Gasteiger partial charge in [-0.15, -0.1) is 0 Å². The molecule has 0 radical (unpaired) electrons. The van der Waals surface area contributed by atoms with Gasteiger partial charge in [-0.25, -0.2) is 9.78 Å². The summed E-state index contributed by atoms with van der Waals surface area (Å²) in [5, 5.41) is 32.1. The summed E-state index contributed by atoms with van der Waals surface area (Å²) in [5.74, 6) is -4.46. The fourth-order valence-corrected chi connectivity index (χ4v) is 2.40. The third-order valence-corrected chi connectivity index (χ3v) is 3.82. The molecule has 0 saturated carbocycles. The molecule has 0 aliphatic heterocycles. The van der Waals surface area contributed by atoms with Gasteiger partial charge in [-0.3, -0.25) is 9.59 Å². The molecule has 30 heavy (non-hydrogen) atoms. The van der Waals surface area contributed by atoms with Gasteiger partial charge in [0.25, 0.3) is 5.91 Å². The van der Waals surface area contributed by atoms with Crippen molar-refractivity contribution >= 4 is 29.4 Å². The lowest BCUT2D eigenvalue weighted by atomic mass is 10.1. The molecule has 1 aromatic carbocycles. The van der Waals surface area contributed by atoms with E-state index in [1.54, 1.807) is 0 Å². The SMILES string of the molecule is O=C(O)CCC(NC(=O)c1cc(O)cnc1Nc1cccc(C(F)(F)F)c1)C(=O)O. The Morgan fingerprint density at radius 3 is 2.43 bits per heavy atom. The van der Waals surface area contributed by atoms with Gasteiger partial charge in [0.2, 0.25) is 0 Å². The van der Waals surface area contributed by atoms with Crippen LogP contribution in [0.2, 0.25) is 0 Å². The second kappa shape index (κ2) is 9.11. The summed E-state index contributed by atoms with van der Waals surface area (Å²) in [6.45, 7) is 0. The van der Waals surface area contributed by atoms with E-state index in [0.29, 0.717) is 0 Å². The van der Waals surface area contributed by atoms with Crippen molar-refractivity contribution in [2.24, 2.45) is 0 Å². The minimum Gasteiger partial charge on any atom is -0.506 e. The summed E-state index contributed by atoms with van der Waals surface area (Å²) in [6.07, 6.45) is -4.59. The molecule has 0 aliphatic rings. The van der Waals surface area contributed by atoms with Crippen LogP contribution >= 0.6 is 0 Å². The number of hydrogen-bond acceptors (Lipinski definition) is 6. The number of halogens is 3. The van der Waals surface area contributed by atoms with E-state index in [0.717, 1.165) is 30.5 Å². The first-order chi connectivity index (χ1) is 14.0. The smallest absolute Gasteiger partial charge is 0.416 e. The summed E-state index contributed by atoms with van der Waals surface area (Å²) in [7, 11) is 0. The molecule has 2 rings (SSSR count). The number of hydrogen-bond donors (Lipinski definition) is 5. The number of pyridine rings is 1. The van der Waals surface area contributed by atoms with Crippen molar-refractivity contribution in [2.45, 2.75) is 25.1 Å². The normalized spacial score (nSPS) is 12.1. The largest absolute Gasteiger partial charge is 0.506 e. The molecule has 0 bridgehead atoms. The van der Waals surface area contributed by atoms with Gasteiger partial charge in [0.05, 0.1) is 17.3 Å². The molecule has 1 unspecified atom stereocenters. The molecular weight excluding hydrogens is 411 g/mol. The van der Waals surface area contributed by atoms with Crippen molar-refractivity contribution in [2.75, 3.05) is 5.32 Å². The van der Waals surface area contributed by atoms with Crippen LogP contribution in [0.1, 0.15) is 28.8 Å². The standard InChI is InChI=1S/C18H16F3N3O6/c19-18(20,21)9-2-1-3-10(6-9)23-15-12(7-11(25)8-22-15)16(28)24-13(17(29)30)4-5-14(26)27/h1-3,6-8,13,25H,4-5H2,(H,22,23)(H,24,28)(H,26,27)(H,29,30). The quantitative estimate of drug-likeness (QED) is 0.432. The van der Waals surface area contributed by atoms with Crippen molar-refractivity contribution in [3.8, 4) is 5.75 Å². The predicted molar refractivity (Wildman–Crippen MR) is 96.4 cm³/mol. The maximum Gasteiger partial charge on any atom is 0.416 e. The van der Waals surface area contributed by atoms with Gasteiger partial charge in [-0.1, -0.05) is 6.07 Å². The number of benzene rings is 1. The van der Waals surface area contributed by atoms with Crippen molar-refractivity contribution < 1.29 is 42.9 Å². The molecule has 9 nitrogen and oxygen atoms in total. The Balaban J connectivity index is 2.29. The highest BCUT2D eigenvalue weighted by Gasteiger charge is 2.30. The van der Waals surface area contributed by atoms with E-state index in [9.17, 15) is 32.7 Å². The second-order valence-electron chi connectivity index (χ2n) is 6.09. The van der Waals surface area contributed by atoms with Gasteiger partial charge in [-0.2, -0.15) is 13.2 Å². The van der Waals surface area contributed by atoms with E-state index >= 15 is 0 Å². The first-order valence-corrected chi connectivity index (χ1v) is 8.36. The van der Waals surface area contributed by atoms with E-state index in [1.165, 1.54) is 6.07 Å². The van der Waals surface area contributed by atoms with E-state index < -0.39 is 54.2 Å². The van der Waals surface area contributed by atoms with Crippen molar-refractivity contribution in [3.63, 3.8) is 0 Å². The first kappa shape index (κ1) is 22.5. The molecule has 12 heteroatoms. The number of nitrogens with one attached hydrogen (secondary N) is 2. The zero-order valence-electron chi connectivity index (χ0n) is 15.1. The number of carboxylic acid groups (broad SMARTS) is 2. The minimum atomic E-state index is -4.60. The Hall–Kier alpha value is -3.83. The topological polar surface area (TPSA) is 149 Å². The molecule has 0 spiro atoms. The maximum atomic E-state index is 12.9. The fourth-order valence-electron chi connectivity index (χ4n) is 2.40. The number of alkyl halides is 3. The first-order valence-electron chi connectivity index (χ1n) is 8.36. The average Bonchev–Trinajstić information content (AvgIpc) is 2.65. The number of carbonyl (C=O) groups excluding carboxylic acids is 1. The van der Waals surface area contributed by atoms with Gasteiger partial charge < -0.3 is 26.0 Å². The highest BCUT2D eigenvalue weighted by Crippen LogP contribution is 2.31. The van der Waals surface area contributed by atoms with Gasteiger partial charge in [-0.05, 0) is 30.7 Å². The van der Waals surface area contributed by atoms with Gasteiger partial charge >= 0.3 is 18.1 Å². The monoisotopic (exact) mass is 427 g/mol. The molecule has 160 valence electrons. The number of amides is 1. The highest BCUT2D eigenvalue weighted by molar-refractivity contribution is 6.01. The number of aliphatic carboxylic acids is 2. The van der Waals surface area contributed by atoms with Crippen LogP contribution in [-0.4, -0.2) is 44.2 Å². The minimum absolute atomic E-state index is 0.0577. The van der Waals surface area contributed by atoms with Crippen LogP contribution in [-0.2, 0) is 15.8 Å². The highest BCUT2D eigenvalue weighted by atomic mass is 19.4. The molecule has 1 heterocycles. The number of aromatic nitrogens is 1. The lowest BCUT2D eigenvalue weighted by Crippen LogP contribution is -2.41. The van der Waals surface area contributed by atoms with E-state index in [-0.39, 0.29) is 17.1 Å². The number of aromatic hydroxyl groups is 1. The number of nitrogens with zero attached hydrogens (tertiary/aromatic N) is 1. The molecule has 1 atom stereocenters. The van der Waals surface area contributed by atoms with Gasteiger partial charge in [0.15, 0.2) is 0 Å². The van der Waals surface area contributed by atoms with E-state index in [2.05, 4.69) is 15.6 Å². The Labute approximate surface area is 167 Å². The third-order valence-electron chi connectivity index (χ3n) is 3.82. The van der Waals surface area contributed by atoms with Crippen LogP contribution in [0.25, 0.3) is 0 Å². The lowest BCUT2D eigenvalue weighted by Gasteiger charge is -2.16. The van der Waals surface area contributed by atoms with Crippen LogP contribution in [0.4, 0.5) is 24.7 Å². The number of carboxylic acids is 2. The van der Waals surface area contributed by atoms with Crippen molar-refractivity contribution in [3.05, 3.63) is 47.7 Å². The molecular formula is C18H16F3N3O6.